The predicted molar refractivity (Wildman–Crippen MR) is 118 cm³/mol. The Kier molecular flexibility index (Phi) is 5.21. The molecule has 1 fully saturated rings. The first-order valence-electron chi connectivity index (χ1n) is 10.5. The maximum atomic E-state index is 12.9. The smallest absolute Gasteiger partial charge is 0.357 e. The molecule has 0 amide bonds. The van der Waals surface area contributed by atoms with Gasteiger partial charge < -0.3 is 14.5 Å². The highest BCUT2D eigenvalue weighted by Gasteiger charge is 2.29. The molecule has 0 atom stereocenters. The molecule has 9 nitrogen and oxygen atoms in total. The fourth-order valence-corrected chi connectivity index (χ4v) is 3.60. The Labute approximate surface area is 188 Å². The highest BCUT2D eigenvalue weighted by molar-refractivity contribution is 5.94. The number of H-pyrrole nitrogens is 1. The van der Waals surface area contributed by atoms with Gasteiger partial charge in [-0.15, -0.1) is 0 Å². The summed E-state index contributed by atoms with van der Waals surface area (Å²) in [5, 5.41) is 4.92. The molecule has 5 rings (SSSR count). The van der Waals surface area contributed by atoms with E-state index >= 15 is 0 Å². The van der Waals surface area contributed by atoms with E-state index in [1.165, 1.54) is 25.3 Å². The van der Waals surface area contributed by atoms with E-state index in [-0.39, 0.29) is 18.0 Å². The molecular weight excluding hydrogens is 424 g/mol. The monoisotopic (exact) mass is 444 g/mol. The van der Waals surface area contributed by atoms with Crippen molar-refractivity contribution in [3.05, 3.63) is 87.7 Å². The van der Waals surface area contributed by atoms with Gasteiger partial charge in [0.15, 0.2) is 5.69 Å². The van der Waals surface area contributed by atoms with Crippen LogP contribution in [0.5, 0.6) is 0 Å². The van der Waals surface area contributed by atoms with Crippen LogP contribution in [-0.2, 0) is 16.1 Å². The molecule has 0 saturated heterocycles. The standard InChI is InChI=1S/C24H20N4O5/c1-32-23(30)15-9-10-17-19(11-15)25-21(26-22(17)29)13-33-24(31)20-12-18(14-7-8-14)27-28(20)16-5-3-2-4-6-16/h2-6,9-12,14H,7-8,13H2,1H3,(H,25,26,29). The van der Waals surface area contributed by atoms with E-state index in [1.807, 2.05) is 30.3 Å². The van der Waals surface area contributed by atoms with Crippen LogP contribution in [0.1, 0.15) is 51.1 Å². The van der Waals surface area contributed by atoms with E-state index in [2.05, 4.69) is 15.1 Å². The van der Waals surface area contributed by atoms with Gasteiger partial charge in [0.05, 0.1) is 35.0 Å². The fourth-order valence-electron chi connectivity index (χ4n) is 3.60. The predicted octanol–water partition coefficient (Wildman–Crippen LogP) is 3.13. The van der Waals surface area contributed by atoms with Gasteiger partial charge in [0.1, 0.15) is 12.4 Å². The first-order valence-corrected chi connectivity index (χ1v) is 10.5. The summed E-state index contributed by atoms with van der Waals surface area (Å²) in [5.41, 5.74) is 2.10. The normalized spacial score (nSPS) is 13.1. The lowest BCUT2D eigenvalue weighted by Crippen LogP contribution is -2.16. The molecule has 166 valence electrons. The molecule has 0 radical (unpaired) electrons. The maximum Gasteiger partial charge on any atom is 0.357 e. The number of para-hydroxylation sites is 1. The average molecular weight is 444 g/mol. The number of carbonyl (C=O) groups excluding carboxylic acids is 2. The van der Waals surface area contributed by atoms with E-state index in [9.17, 15) is 14.4 Å². The molecular formula is C24H20N4O5. The first kappa shape index (κ1) is 20.6. The Morgan fingerprint density at radius 1 is 1.09 bits per heavy atom. The third-order valence-corrected chi connectivity index (χ3v) is 5.45. The number of hydrogen-bond acceptors (Lipinski definition) is 7. The highest BCUT2D eigenvalue weighted by Crippen LogP contribution is 2.39. The quantitative estimate of drug-likeness (QED) is 0.454. The van der Waals surface area contributed by atoms with Crippen LogP contribution in [0, 0.1) is 0 Å². The first-order chi connectivity index (χ1) is 16.0. The molecule has 2 aromatic carbocycles. The van der Waals surface area contributed by atoms with Crippen molar-refractivity contribution < 1.29 is 19.1 Å². The summed E-state index contributed by atoms with van der Waals surface area (Å²) in [5.74, 6) is -0.586. The molecule has 2 aromatic heterocycles. The third-order valence-electron chi connectivity index (χ3n) is 5.45. The number of nitrogens with zero attached hydrogens (tertiary/aromatic N) is 3. The van der Waals surface area contributed by atoms with Gasteiger partial charge >= 0.3 is 11.9 Å². The number of ether oxygens (including phenoxy) is 2. The van der Waals surface area contributed by atoms with Crippen LogP contribution in [0.15, 0.2) is 59.4 Å². The Morgan fingerprint density at radius 2 is 1.88 bits per heavy atom. The molecule has 33 heavy (non-hydrogen) atoms. The highest BCUT2D eigenvalue weighted by atomic mass is 16.5. The summed E-state index contributed by atoms with van der Waals surface area (Å²) in [6.07, 6.45) is 2.10. The molecule has 0 bridgehead atoms. The number of aromatic nitrogens is 4. The number of hydrogen-bond donors (Lipinski definition) is 1. The molecule has 4 aromatic rings. The van der Waals surface area contributed by atoms with Gasteiger partial charge in [-0.05, 0) is 49.2 Å². The summed E-state index contributed by atoms with van der Waals surface area (Å²) in [6, 6.07) is 15.6. The molecule has 2 heterocycles. The van der Waals surface area contributed by atoms with E-state index in [0.717, 1.165) is 24.2 Å². The van der Waals surface area contributed by atoms with Crippen molar-refractivity contribution in [2.75, 3.05) is 7.11 Å². The number of fused-ring (bicyclic) bond motifs is 1. The SMILES string of the molecule is COC(=O)c1ccc2c(=O)[nH]c(COC(=O)c3cc(C4CC4)nn3-c3ccccc3)nc2c1. The molecule has 1 aliphatic carbocycles. The molecule has 0 aliphatic heterocycles. The Morgan fingerprint density at radius 3 is 2.61 bits per heavy atom. The van der Waals surface area contributed by atoms with Gasteiger partial charge in [0, 0.05) is 5.92 Å². The van der Waals surface area contributed by atoms with E-state index < -0.39 is 17.5 Å². The number of carbonyl (C=O) groups is 2. The third kappa shape index (κ3) is 4.12. The fraction of sp³-hybridized carbons (Fsp3) is 0.208. The van der Waals surface area contributed by atoms with Crippen molar-refractivity contribution in [2.24, 2.45) is 0 Å². The number of aromatic amines is 1. The van der Waals surface area contributed by atoms with Crippen LogP contribution in [0.25, 0.3) is 16.6 Å². The van der Waals surface area contributed by atoms with E-state index in [4.69, 9.17) is 9.47 Å². The second kappa shape index (κ2) is 8.34. The summed E-state index contributed by atoms with van der Waals surface area (Å²) >= 11 is 0. The molecule has 1 aliphatic rings. The van der Waals surface area contributed by atoms with Crippen molar-refractivity contribution >= 4 is 22.8 Å². The zero-order valence-corrected chi connectivity index (χ0v) is 17.8. The average Bonchev–Trinajstić information content (AvgIpc) is 3.60. The molecule has 9 heteroatoms. The molecule has 0 unspecified atom stereocenters. The van der Waals surface area contributed by atoms with E-state index in [1.54, 1.807) is 10.7 Å². The Hall–Kier alpha value is -4.27. The molecule has 1 N–H and O–H groups in total. The number of nitrogens with one attached hydrogen (secondary N) is 1. The van der Waals surface area contributed by atoms with Crippen molar-refractivity contribution in [3.63, 3.8) is 0 Å². The van der Waals surface area contributed by atoms with Crippen molar-refractivity contribution in [1.82, 2.24) is 19.7 Å². The zero-order valence-electron chi connectivity index (χ0n) is 17.8. The van der Waals surface area contributed by atoms with Crippen LogP contribution < -0.4 is 5.56 Å². The summed E-state index contributed by atoms with van der Waals surface area (Å²) < 4.78 is 11.8. The summed E-state index contributed by atoms with van der Waals surface area (Å²) in [7, 11) is 1.28. The second-order valence-corrected chi connectivity index (χ2v) is 7.79. The van der Waals surface area contributed by atoms with Gasteiger partial charge in [0.2, 0.25) is 0 Å². The second-order valence-electron chi connectivity index (χ2n) is 7.79. The van der Waals surface area contributed by atoms with Gasteiger partial charge in [-0.2, -0.15) is 5.10 Å². The number of methoxy groups -OCH3 is 1. The number of rotatable bonds is 6. The minimum atomic E-state index is -0.579. The lowest BCUT2D eigenvalue weighted by atomic mass is 10.1. The zero-order chi connectivity index (χ0) is 22.9. The maximum absolute atomic E-state index is 12.9. The minimum Gasteiger partial charge on any atom is -0.465 e. The van der Waals surface area contributed by atoms with Crippen LogP contribution in [-0.4, -0.2) is 38.8 Å². The lowest BCUT2D eigenvalue weighted by molar-refractivity contribution is 0.0451. The molecule has 1 saturated carbocycles. The summed E-state index contributed by atoms with van der Waals surface area (Å²) in [4.78, 5) is 44.1. The van der Waals surface area contributed by atoms with Gasteiger partial charge in [-0.25, -0.2) is 19.3 Å². The van der Waals surface area contributed by atoms with Crippen molar-refractivity contribution in [1.29, 1.82) is 0 Å². The van der Waals surface area contributed by atoms with Crippen molar-refractivity contribution in [2.45, 2.75) is 25.4 Å². The Balaban J connectivity index is 1.41. The number of benzene rings is 2. The molecule has 0 spiro atoms. The largest absolute Gasteiger partial charge is 0.465 e. The minimum absolute atomic E-state index is 0.163. The van der Waals surface area contributed by atoms with Crippen LogP contribution in [0.3, 0.4) is 0 Å². The topological polar surface area (TPSA) is 116 Å². The van der Waals surface area contributed by atoms with Crippen LogP contribution in [0.2, 0.25) is 0 Å². The van der Waals surface area contributed by atoms with Crippen molar-refractivity contribution in [3.8, 4) is 5.69 Å². The van der Waals surface area contributed by atoms with Crippen LogP contribution in [0.4, 0.5) is 0 Å². The Bertz CT molecular complexity index is 1420. The number of esters is 2. The lowest BCUT2D eigenvalue weighted by Gasteiger charge is -2.08. The summed E-state index contributed by atoms with van der Waals surface area (Å²) in [6.45, 7) is -0.245. The van der Waals surface area contributed by atoms with Gasteiger partial charge in [-0.3, -0.25) is 4.79 Å². The van der Waals surface area contributed by atoms with Crippen LogP contribution >= 0.6 is 0 Å². The van der Waals surface area contributed by atoms with Gasteiger partial charge in [0.25, 0.3) is 5.56 Å². The van der Waals surface area contributed by atoms with Gasteiger partial charge in [-0.1, -0.05) is 18.2 Å². The van der Waals surface area contributed by atoms with E-state index in [0.29, 0.717) is 22.5 Å².